The zero-order valence-corrected chi connectivity index (χ0v) is 13.9. The molecule has 0 spiro atoms. The fourth-order valence-electron chi connectivity index (χ4n) is 3.01. The van der Waals surface area contributed by atoms with Crippen LogP contribution in [0.1, 0.15) is 28.2 Å². The first-order chi connectivity index (χ1) is 11.5. The smallest absolute Gasteiger partial charge is 0.417 e. The van der Waals surface area contributed by atoms with Gasteiger partial charge in [-0.2, -0.15) is 0 Å². The van der Waals surface area contributed by atoms with Crippen LogP contribution in [0.3, 0.4) is 0 Å². The normalized spacial score (nSPS) is 14.0. The molecule has 0 bridgehead atoms. The number of hydrogen-bond donors (Lipinski definition) is 0. The number of benzene rings is 1. The molecule has 0 unspecified atom stereocenters. The maximum absolute atomic E-state index is 12.3. The molecule has 0 saturated carbocycles. The lowest BCUT2D eigenvalue weighted by molar-refractivity contribution is 0.129. The zero-order valence-electron chi connectivity index (χ0n) is 13.9. The molecule has 3 aromatic rings. The number of carbonyl (C=O) groups excluding carboxylic acids is 1. The molecule has 0 aliphatic carbocycles. The Morgan fingerprint density at radius 2 is 2.00 bits per heavy atom. The van der Waals surface area contributed by atoms with Crippen LogP contribution >= 0.6 is 0 Å². The molecule has 2 aromatic heterocycles. The fourth-order valence-corrected chi connectivity index (χ4v) is 3.01. The summed E-state index contributed by atoms with van der Waals surface area (Å²) in [5.74, 6) is 1.98. The van der Waals surface area contributed by atoms with Crippen molar-refractivity contribution in [2.75, 3.05) is 0 Å². The molecule has 1 aliphatic rings. The van der Waals surface area contributed by atoms with Crippen LogP contribution in [0.5, 0.6) is 5.88 Å². The summed E-state index contributed by atoms with van der Waals surface area (Å²) in [7, 11) is 0. The molecule has 122 valence electrons. The third-order valence-electron chi connectivity index (χ3n) is 4.50. The minimum atomic E-state index is -0.395. The van der Waals surface area contributed by atoms with E-state index in [9.17, 15) is 4.79 Å². The van der Waals surface area contributed by atoms with Gasteiger partial charge in [-0.1, -0.05) is 12.1 Å². The van der Waals surface area contributed by atoms with Gasteiger partial charge in [0.1, 0.15) is 11.5 Å². The number of aryl methyl sites for hydroxylation is 3. The summed E-state index contributed by atoms with van der Waals surface area (Å²) < 4.78 is 11.0. The highest BCUT2D eigenvalue weighted by Gasteiger charge is 2.27. The molecule has 0 saturated heterocycles. The molecule has 1 aliphatic heterocycles. The average molecular weight is 322 g/mol. The highest BCUT2D eigenvalue weighted by molar-refractivity contribution is 5.85. The monoisotopic (exact) mass is 322 g/mol. The molecule has 0 radical (unpaired) electrons. The highest BCUT2D eigenvalue weighted by Crippen LogP contribution is 2.30. The van der Waals surface area contributed by atoms with Crippen LogP contribution in [0.2, 0.25) is 0 Å². The third-order valence-corrected chi connectivity index (χ3v) is 4.50. The van der Waals surface area contributed by atoms with E-state index in [2.05, 4.69) is 30.1 Å². The van der Waals surface area contributed by atoms with E-state index in [-0.39, 0.29) is 0 Å². The van der Waals surface area contributed by atoms with E-state index < -0.39 is 6.09 Å². The summed E-state index contributed by atoms with van der Waals surface area (Å²) in [6, 6.07) is 9.96. The molecule has 1 aromatic carbocycles. The lowest BCUT2D eigenvalue weighted by atomic mass is 10.0. The van der Waals surface area contributed by atoms with Crippen LogP contribution in [0, 0.1) is 20.8 Å². The van der Waals surface area contributed by atoms with Crippen LogP contribution in [-0.4, -0.2) is 16.0 Å². The van der Waals surface area contributed by atoms with Crippen molar-refractivity contribution in [2.45, 2.75) is 33.9 Å². The van der Waals surface area contributed by atoms with Crippen LogP contribution < -0.4 is 4.74 Å². The van der Waals surface area contributed by atoms with E-state index in [4.69, 9.17) is 9.15 Å². The number of aromatic nitrogens is 1. The summed E-state index contributed by atoms with van der Waals surface area (Å²) in [5, 5.41) is 1.06. The van der Waals surface area contributed by atoms with E-state index in [1.54, 1.807) is 4.90 Å². The Kier molecular flexibility index (Phi) is 3.30. The van der Waals surface area contributed by atoms with Gasteiger partial charge in [-0.15, -0.1) is 0 Å². The molecule has 24 heavy (non-hydrogen) atoms. The second-order valence-electron chi connectivity index (χ2n) is 6.27. The number of ether oxygens (including phenoxy) is 1. The number of amides is 1. The van der Waals surface area contributed by atoms with Gasteiger partial charge in [-0.05, 0) is 50.1 Å². The maximum Gasteiger partial charge on any atom is 0.417 e. The van der Waals surface area contributed by atoms with Crippen LogP contribution in [0.15, 0.2) is 34.7 Å². The van der Waals surface area contributed by atoms with Gasteiger partial charge in [0, 0.05) is 10.9 Å². The minimum Gasteiger partial charge on any atom is -0.464 e. The van der Waals surface area contributed by atoms with Crippen molar-refractivity contribution in [1.82, 2.24) is 9.88 Å². The molecule has 4 rings (SSSR count). The van der Waals surface area contributed by atoms with Crippen LogP contribution in [0.25, 0.3) is 10.9 Å². The number of hydrogen-bond acceptors (Lipinski definition) is 4. The summed E-state index contributed by atoms with van der Waals surface area (Å²) in [6.07, 6.45) is -0.395. The molecule has 0 fully saturated rings. The number of rotatable bonds is 2. The lowest BCUT2D eigenvalue weighted by Gasteiger charge is -2.27. The number of pyridine rings is 1. The summed E-state index contributed by atoms with van der Waals surface area (Å²) in [5.41, 5.74) is 4.08. The summed E-state index contributed by atoms with van der Waals surface area (Å²) in [4.78, 5) is 18.5. The van der Waals surface area contributed by atoms with Gasteiger partial charge in [0.2, 0.25) is 5.88 Å². The number of carbonyl (C=O) groups is 1. The molecule has 0 atom stereocenters. The number of fused-ring (bicyclic) bond motifs is 2. The summed E-state index contributed by atoms with van der Waals surface area (Å²) >= 11 is 0. The molecular weight excluding hydrogens is 304 g/mol. The van der Waals surface area contributed by atoms with Crippen molar-refractivity contribution in [2.24, 2.45) is 0 Å². The van der Waals surface area contributed by atoms with Gasteiger partial charge in [0.15, 0.2) is 0 Å². The van der Waals surface area contributed by atoms with Crippen LogP contribution in [0.4, 0.5) is 4.79 Å². The van der Waals surface area contributed by atoms with Gasteiger partial charge in [0.25, 0.3) is 0 Å². The third kappa shape index (κ3) is 2.42. The van der Waals surface area contributed by atoms with Crippen molar-refractivity contribution < 1.29 is 13.9 Å². The minimum absolute atomic E-state index is 0.386. The molecule has 1 amide bonds. The van der Waals surface area contributed by atoms with Crippen molar-refractivity contribution in [1.29, 1.82) is 0 Å². The topological polar surface area (TPSA) is 55.6 Å². The Morgan fingerprint density at radius 1 is 1.17 bits per heavy atom. The van der Waals surface area contributed by atoms with E-state index in [1.807, 2.05) is 26.0 Å². The quantitative estimate of drug-likeness (QED) is 0.707. The van der Waals surface area contributed by atoms with E-state index in [1.165, 1.54) is 5.56 Å². The second-order valence-corrected chi connectivity index (χ2v) is 6.27. The average Bonchev–Trinajstić information content (AvgIpc) is 2.96. The van der Waals surface area contributed by atoms with E-state index in [0.717, 1.165) is 33.6 Å². The number of nitrogens with zero attached hydrogens (tertiary/aromatic N) is 2. The van der Waals surface area contributed by atoms with Gasteiger partial charge in [-0.3, -0.25) is 4.90 Å². The zero-order chi connectivity index (χ0) is 16.8. The molecule has 3 heterocycles. The highest BCUT2D eigenvalue weighted by atomic mass is 16.6. The first-order valence-corrected chi connectivity index (χ1v) is 7.93. The Morgan fingerprint density at radius 3 is 2.75 bits per heavy atom. The van der Waals surface area contributed by atoms with Crippen molar-refractivity contribution in [3.05, 3.63) is 58.5 Å². The predicted octanol–water partition coefficient (Wildman–Crippen LogP) is 4.27. The molecule has 5 heteroatoms. The number of furan rings is 1. The second kappa shape index (κ2) is 5.37. The van der Waals surface area contributed by atoms with Crippen LogP contribution in [-0.2, 0) is 13.1 Å². The first kappa shape index (κ1) is 14.8. The predicted molar refractivity (Wildman–Crippen MR) is 89.9 cm³/mol. The lowest BCUT2D eigenvalue weighted by Crippen LogP contribution is -2.36. The SMILES string of the molecule is Cc1ccc(CN2Cc3cc4ccc(C)c(C)c4nc3OC2=O)o1. The van der Waals surface area contributed by atoms with E-state index in [0.29, 0.717) is 19.0 Å². The Bertz CT molecular complexity index is 959. The van der Waals surface area contributed by atoms with Gasteiger partial charge >= 0.3 is 6.09 Å². The molecule has 5 nitrogen and oxygen atoms in total. The van der Waals surface area contributed by atoms with Crippen molar-refractivity contribution in [3.63, 3.8) is 0 Å². The molecule has 0 N–H and O–H groups in total. The van der Waals surface area contributed by atoms with Gasteiger partial charge < -0.3 is 9.15 Å². The fraction of sp³-hybridized carbons (Fsp3) is 0.263. The van der Waals surface area contributed by atoms with Gasteiger partial charge in [-0.25, -0.2) is 9.78 Å². The van der Waals surface area contributed by atoms with E-state index >= 15 is 0 Å². The largest absolute Gasteiger partial charge is 0.464 e. The standard InChI is InChI=1S/C19H18N2O3/c1-11-4-6-14-8-15-9-21(10-16-7-5-12(2)23-16)19(22)24-18(15)20-17(14)13(11)3/h4-8H,9-10H2,1-3H3. The molecular formula is C19H18N2O3. The Hall–Kier alpha value is -2.82. The maximum atomic E-state index is 12.3. The first-order valence-electron chi connectivity index (χ1n) is 7.93. The van der Waals surface area contributed by atoms with Crippen molar-refractivity contribution in [3.8, 4) is 5.88 Å². The summed E-state index contributed by atoms with van der Waals surface area (Å²) in [6.45, 7) is 6.82. The Balaban J connectivity index is 1.70. The van der Waals surface area contributed by atoms with Gasteiger partial charge in [0.05, 0.1) is 18.6 Å². The Labute approximate surface area is 139 Å². The van der Waals surface area contributed by atoms with Crippen molar-refractivity contribution >= 4 is 17.0 Å².